The second kappa shape index (κ2) is 3.06. The molecule has 5 heteroatoms. The summed E-state index contributed by atoms with van der Waals surface area (Å²) in [6, 6.07) is 5.37. The third-order valence-corrected chi connectivity index (χ3v) is 2.02. The first-order chi connectivity index (χ1) is 6.33. The topological polar surface area (TPSA) is 57.8 Å². The minimum absolute atomic E-state index is 0.431. The Hall–Kier alpha value is -1.55. The molecular weight excluding hydrogens is 190 g/mol. The Bertz CT molecular complexity index is 452. The monoisotopic (exact) mass is 195 g/mol. The number of rotatable bonds is 2. The van der Waals surface area contributed by atoms with Crippen LogP contribution in [0.25, 0.3) is 10.9 Å². The summed E-state index contributed by atoms with van der Waals surface area (Å²) in [6.45, 7) is 0. The van der Waals surface area contributed by atoms with E-state index >= 15 is 0 Å². The van der Waals surface area contributed by atoms with Gasteiger partial charge in [-0.3, -0.25) is 9.89 Å². The van der Waals surface area contributed by atoms with Crippen LogP contribution in [0.15, 0.2) is 18.2 Å². The molecule has 2 N–H and O–H groups in total. The van der Waals surface area contributed by atoms with Crippen LogP contribution in [-0.2, 0) is 4.79 Å². The van der Waals surface area contributed by atoms with Gasteiger partial charge in [-0.05, 0) is 12.1 Å². The van der Waals surface area contributed by atoms with Crippen molar-refractivity contribution in [1.82, 2.24) is 10.2 Å². The molecule has 0 unspecified atom stereocenters. The highest BCUT2D eigenvalue weighted by Crippen LogP contribution is 2.27. The van der Waals surface area contributed by atoms with Crippen molar-refractivity contribution in [2.24, 2.45) is 0 Å². The quantitative estimate of drug-likeness (QED) is 0.718. The maximum absolute atomic E-state index is 10.3. The summed E-state index contributed by atoms with van der Waals surface area (Å²) in [7, 11) is 0. The van der Waals surface area contributed by atoms with E-state index < -0.39 is 0 Å². The minimum Gasteiger partial charge on any atom is -0.328 e. The molecule has 0 aliphatic carbocycles. The van der Waals surface area contributed by atoms with Crippen molar-refractivity contribution in [3.63, 3.8) is 0 Å². The van der Waals surface area contributed by atoms with Crippen LogP contribution < -0.4 is 5.32 Å². The number of nitrogens with one attached hydrogen (secondary N) is 2. The van der Waals surface area contributed by atoms with Gasteiger partial charge in [-0.15, -0.1) is 0 Å². The lowest BCUT2D eigenvalue weighted by molar-refractivity contribution is -0.105. The van der Waals surface area contributed by atoms with Gasteiger partial charge in [0.25, 0.3) is 0 Å². The maximum Gasteiger partial charge on any atom is 0.211 e. The number of fused-ring (bicyclic) bond motifs is 1. The fraction of sp³-hybridized carbons (Fsp3) is 0. The molecule has 0 aliphatic rings. The Balaban J connectivity index is 2.72. The summed E-state index contributed by atoms with van der Waals surface area (Å²) < 4.78 is 0. The van der Waals surface area contributed by atoms with Gasteiger partial charge >= 0.3 is 0 Å². The van der Waals surface area contributed by atoms with Crippen LogP contribution in [0.4, 0.5) is 5.69 Å². The van der Waals surface area contributed by atoms with Gasteiger partial charge in [0.15, 0.2) is 0 Å². The molecule has 0 bridgehead atoms. The average molecular weight is 196 g/mol. The summed E-state index contributed by atoms with van der Waals surface area (Å²) in [6.07, 6.45) is 0.609. The predicted octanol–water partition coefficient (Wildman–Crippen LogP) is 1.78. The first kappa shape index (κ1) is 8.07. The highest BCUT2D eigenvalue weighted by atomic mass is 35.5. The van der Waals surface area contributed by atoms with Gasteiger partial charge < -0.3 is 5.32 Å². The molecule has 13 heavy (non-hydrogen) atoms. The number of hydrogen-bond donors (Lipinski definition) is 2. The van der Waals surface area contributed by atoms with Crippen LogP contribution in [0.2, 0.25) is 5.15 Å². The van der Waals surface area contributed by atoms with Crippen molar-refractivity contribution in [2.45, 2.75) is 0 Å². The van der Waals surface area contributed by atoms with E-state index in [4.69, 9.17) is 11.6 Å². The Labute approximate surface area is 78.9 Å². The largest absolute Gasteiger partial charge is 0.328 e. The van der Waals surface area contributed by atoms with Crippen LogP contribution in [-0.4, -0.2) is 16.6 Å². The molecule has 0 fully saturated rings. The first-order valence-corrected chi connectivity index (χ1v) is 4.03. The lowest BCUT2D eigenvalue weighted by atomic mass is 10.2. The fourth-order valence-electron chi connectivity index (χ4n) is 1.21. The lowest BCUT2D eigenvalue weighted by Gasteiger charge is -1.98. The van der Waals surface area contributed by atoms with Crippen molar-refractivity contribution in [1.29, 1.82) is 0 Å². The van der Waals surface area contributed by atoms with Crippen molar-refractivity contribution < 1.29 is 4.79 Å². The third kappa shape index (κ3) is 1.25. The van der Waals surface area contributed by atoms with E-state index in [-0.39, 0.29) is 0 Å². The number of halogens is 1. The summed E-state index contributed by atoms with van der Waals surface area (Å²) in [5, 5.41) is 10.3. The fourth-order valence-corrected chi connectivity index (χ4v) is 1.45. The second-order valence-corrected chi connectivity index (χ2v) is 2.88. The molecule has 4 nitrogen and oxygen atoms in total. The number of carbonyl (C=O) groups excluding carboxylic acids is 1. The van der Waals surface area contributed by atoms with Gasteiger partial charge in [-0.1, -0.05) is 17.7 Å². The van der Waals surface area contributed by atoms with E-state index in [1.54, 1.807) is 12.1 Å². The number of nitrogens with zero attached hydrogens (tertiary/aromatic N) is 1. The Morgan fingerprint density at radius 2 is 2.38 bits per heavy atom. The predicted molar refractivity (Wildman–Crippen MR) is 50.8 cm³/mol. The average Bonchev–Trinajstić information content (AvgIpc) is 2.50. The summed E-state index contributed by atoms with van der Waals surface area (Å²) in [4.78, 5) is 10.3. The summed E-state index contributed by atoms with van der Waals surface area (Å²) >= 11 is 5.84. The van der Waals surface area contributed by atoms with E-state index in [2.05, 4.69) is 15.5 Å². The van der Waals surface area contributed by atoms with E-state index in [1.165, 1.54) is 0 Å². The molecule has 2 aromatic rings. The zero-order chi connectivity index (χ0) is 9.26. The van der Waals surface area contributed by atoms with Crippen molar-refractivity contribution in [3.05, 3.63) is 23.4 Å². The normalized spacial score (nSPS) is 10.2. The standard InChI is InChI=1S/C8H6ClN3O/c9-8-7-5(10-4-13)2-1-3-6(7)11-12-8/h1-4H,(H,10,13)(H,11,12). The van der Waals surface area contributed by atoms with Gasteiger partial charge in [0, 0.05) is 0 Å². The molecule has 0 spiro atoms. The molecular formula is C8H6ClN3O. The zero-order valence-corrected chi connectivity index (χ0v) is 7.30. The van der Waals surface area contributed by atoms with E-state index in [1.807, 2.05) is 6.07 Å². The molecule has 2 rings (SSSR count). The Morgan fingerprint density at radius 1 is 1.54 bits per heavy atom. The lowest BCUT2D eigenvalue weighted by Crippen LogP contribution is -1.93. The van der Waals surface area contributed by atoms with Crippen LogP contribution in [0, 0.1) is 0 Å². The number of carbonyl (C=O) groups is 1. The molecule has 0 aliphatic heterocycles. The van der Waals surface area contributed by atoms with E-state index in [0.717, 1.165) is 10.9 Å². The van der Waals surface area contributed by atoms with Crippen LogP contribution in [0.3, 0.4) is 0 Å². The number of aromatic amines is 1. The van der Waals surface area contributed by atoms with Crippen molar-refractivity contribution in [3.8, 4) is 0 Å². The Morgan fingerprint density at radius 3 is 3.15 bits per heavy atom. The van der Waals surface area contributed by atoms with Crippen LogP contribution in [0.5, 0.6) is 0 Å². The van der Waals surface area contributed by atoms with Crippen LogP contribution >= 0.6 is 11.6 Å². The molecule has 0 atom stereocenters. The smallest absolute Gasteiger partial charge is 0.211 e. The minimum atomic E-state index is 0.431. The number of aromatic nitrogens is 2. The molecule has 0 saturated heterocycles. The van der Waals surface area contributed by atoms with Gasteiger partial charge in [0.1, 0.15) is 5.15 Å². The molecule has 0 saturated carbocycles. The molecule has 1 aromatic heterocycles. The highest BCUT2D eigenvalue weighted by molar-refractivity contribution is 6.35. The molecule has 1 aromatic carbocycles. The number of anilines is 1. The van der Waals surface area contributed by atoms with Gasteiger partial charge in [-0.2, -0.15) is 5.10 Å². The van der Waals surface area contributed by atoms with Crippen molar-refractivity contribution in [2.75, 3.05) is 5.32 Å². The maximum atomic E-state index is 10.3. The van der Waals surface area contributed by atoms with Gasteiger partial charge in [-0.25, -0.2) is 0 Å². The SMILES string of the molecule is O=CNc1cccc2n[nH]c(Cl)c12. The first-order valence-electron chi connectivity index (χ1n) is 3.65. The number of benzene rings is 1. The third-order valence-electron chi connectivity index (χ3n) is 1.75. The van der Waals surface area contributed by atoms with Gasteiger partial charge in [0.2, 0.25) is 6.41 Å². The number of H-pyrrole nitrogens is 1. The summed E-state index contributed by atoms with van der Waals surface area (Å²) in [5.74, 6) is 0. The van der Waals surface area contributed by atoms with Gasteiger partial charge in [0.05, 0.1) is 16.6 Å². The second-order valence-electron chi connectivity index (χ2n) is 2.50. The van der Waals surface area contributed by atoms with E-state index in [9.17, 15) is 4.79 Å². The Kier molecular flexibility index (Phi) is 1.90. The molecule has 1 heterocycles. The van der Waals surface area contributed by atoms with E-state index in [0.29, 0.717) is 17.3 Å². The molecule has 0 radical (unpaired) electrons. The number of amides is 1. The molecule has 66 valence electrons. The summed E-state index contributed by atoms with van der Waals surface area (Å²) in [5.41, 5.74) is 1.39. The molecule has 1 amide bonds. The number of hydrogen-bond acceptors (Lipinski definition) is 2. The highest BCUT2D eigenvalue weighted by Gasteiger charge is 2.06. The van der Waals surface area contributed by atoms with Crippen LogP contribution in [0.1, 0.15) is 0 Å². The van der Waals surface area contributed by atoms with Crippen molar-refractivity contribution >= 4 is 34.6 Å². The zero-order valence-electron chi connectivity index (χ0n) is 6.54.